The van der Waals surface area contributed by atoms with Crippen molar-refractivity contribution in [2.24, 2.45) is 5.92 Å². The molecular formula is C11H18ClNS. The minimum atomic E-state index is 0.393. The van der Waals surface area contributed by atoms with Crippen LogP contribution in [0, 0.1) is 5.92 Å². The van der Waals surface area contributed by atoms with E-state index in [2.05, 4.69) is 39.1 Å². The Morgan fingerprint density at radius 1 is 1.21 bits per heavy atom. The zero-order valence-corrected chi connectivity index (χ0v) is 10.7. The molecule has 0 aliphatic heterocycles. The van der Waals surface area contributed by atoms with Gasteiger partial charge >= 0.3 is 0 Å². The summed E-state index contributed by atoms with van der Waals surface area (Å²) in [5.41, 5.74) is 0. The first-order valence-electron chi connectivity index (χ1n) is 5.02. The van der Waals surface area contributed by atoms with E-state index in [4.69, 9.17) is 11.6 Å². The fourth-order valence-corrected chi connectivity index (χ4v) is 2.30. The monoisotopic (exact) mass is 231 g/mol. The van der Waals surface area contributed by atoms with E-state index in [1.54, 1.807) is 11.3 Å². The lowest BCUT2D eigenvalue weighted by Crippen LogP contribution is -2.32. The van der Waals surface area contributed by atoms with Crippen molar-refractivity contribution in [3.8, 4) is 0 Å². The first kappa shape index (κ1) is 12.0. The molecule has 1 heterocycles. The fourth-order valence-electron chi connectivity index (χ4n) is 1.23. The van der Waals surface area contributed by atoms with Gasteiger partial charge in [-0.1, -0.05) is 25.4 Å². The summed E-state index contributed by atoms with van der Waals surface area (Å²) in [5, 5.41) is 3.56. The molecule has 0 aliphatic rings. The van der Waals surface area contributed by atoms with Crippen molar-refractivity contribution in [2.75, 3.05) is 0 Å². The molecule has 80 valence electrons. The van der Waals surface area contributed by atoms with Gasteiger partial charge in [0.15, 0.2) is 0 Å². The van der Waals surface area contributed by atoms with Gasteiger partial charge in [-0.15, -0.1) is 11.3 Å². The molecule has 0 unspecified atom stereocenters. The minimum absolute atomic E-state index is 0.393. The highest BCUT2D eigenvalue weighted by molar-refractivity contribution is 7.16. The Morgan fingerprint density at radius 2 is 1.86 bits per heavy atom. The lowest BCUT2D eigenvalue weighted by atomic mass is 10.1. The molecule has 1 aromatic heterocycles. The predicted molar refractivity (Wildman–Crippen MR) is 65.2 cm³/mol. The average molecular weight is 232 g/mol. The molecule has 1 nitrogen and oxygen atoms in total. The summed E-state index contributed by atoms with van der Waals surface area (Å²) in [6.07, 6.45) is 0. The van der Waals surface area contributed by atoms with Crippen LogP contribution in [-0.2, 0) is 0 Å². The van der Waals surface area contributed by atoms with Crippen LogP contribution in [0.2, 0.25) is 4.34 Å². The number of nitrogens with one attached hydrogen (secondary N) is 1. The molecule has 0 aromatic carbocycles. The summed E-state index contributed by atoms with van der Waals surface area (Å²) < 4.78 is 0.867. The van der Waals surface area contributed by atoms with Crippen molar-refractivity contribution >= 4 is 22.9 Å². The molecular weight excluding hydrogens is 214 g/mol. The molecule has 1 N–H and O–H groups in total. The summed E-state index contributed by atoms with van der Waals surface area (Å²) in [6.45, 7) is 8.86. The van der Waals surface area contributed by atoms with Gasteiger partial charge < -0.3 is 5.32 Å². The zero-order chi connectivity index (χ0) is 10.7. The molecule has 0 radical (unpaired) electrons. The molecule has 0 saturated heterocycles. The third-order valence-corrected chi connectivity index (χ3v) is 3.95. The van der Waals surface area contributed by atoms with E-state index < -0.39 is 0 Å². The first-order valence-corrected chi connectivity index (χ1v) is 6.21. The second-order valence-corrected chi connectivity index (χ2v) is 5.81. The molecule has 2 atom stereocenters. The van der Waals surface area contributed by atoms with Crippen LogP contribution in [-0.4, -0.2) is 6.04 Å². The Labute approximate surface area is 95.5 Å². The van der Waals surface area contributed by atoms with Crippen molar-refractivity contribution < 1.29 is 0 Å². The number of thiophene rings is 1. The molecule has 1 rings (SSSR count). The maximum absolute atomic E-state index is 5.89. The number of hydrogen-bond donors (Lipinski definition) is 1. The van der Waals surface area contributed by atoms with Crippen molar-refractivity contribution in [1.82, 2.24) is 5.32 Å². The summed E-state index contributed by atoms with van der Waals surface area (Å²) >= 11 is 7.55. The van der Waals surface area contributed by atoms with E-state index in [0.29, 0.717) is 18.0 Å². The van der Waals surface area contributed by atoms with Crippen molar-refractivity contribution in [3.63, 3.8) is 0 Å². The lowest BCUT2D eigenvalue weighted by molar-refractivity contribution is 0.391. The van der Waals surface area contributed by atoms with Gasteiger partial charge in [-0.2, -0.15) is 0 Å². The maximum Gasteiger partial charge on any atom is 0.0931 e. The lowest BCUT2D eigenvalue weighted by Gasteiger charge is -2.22. The van der Waals surface area contributed by atoms with Gasteiger partial charge in [-0.25, -0.2) is 0 Å². The highest BCUT2D eigenvalue weighted by atomic mass is 35.5. The largest absolute Gasteiger partial charge is 0.307 e. The summed E-state index contributed by atoms with van der Waals surface area (Å²) in [5.74, 6) is 0.660. The van der Waals surface area contributed by atoms with E-state index in [-0.39, 0.29) is 0 Å². The molecule has 3 heteroatoms. The third-order valence-electron chi connectivity index (χ3n) is 2.53. The Bertz CT molecular complexity index is 283. The summed E-state index contributed by atoms with van der Waals surface area (Å²) in [6, 6.07) is 4.98. The quantitative estimate of drug-likeness (QED) is 0.823. The minimum Gasteiger partial charge on any atom is -0.307 e. The van der Waals surface area contributed by atoms with E-state index >= 15 is 0 Å². The van der Waals surface area contributed by atoms with Crippen LogP contribution in [0.3, 0.4) is 0 Å². The van der Waals surface area contributed by atoms with Crippen LogP contribution in [0.4, 0.5) is 0 Å². The topological polar surface area (TPSA) is 12.0 Å². The molecule has 0 fully saturated rings. The van der Waals surface area contributed by atoms with Crippen LogP contribution in [0.25, 0.3) is 0 Å². The van der Waals surface area contributed by atoms with Gasteiger partial charge in [-0.05, 0) is 31.9 Å². The second-order valence-electron chi connectivity index (χ2n) is 4.06. The highest BCUT2D eigenvalue weighted by Crippen LogP contribution is 2.27. The van der Waals surface area contributed by atoms with E-state index in [0.717, 1.165) is 4.34 Å². The maximum atomic E-state index is 5.89. The van der Waals surface area contributed by atoms with Gasteiger partial charge in [0.05, 0.1) is 4.34 Å². The normalized spacial score (nSPS) is 15.9. The van der Waals surface area contributed by atoms with Crippen molar-refractivity contribution in [3.05, 3.63) is 21.3 Å². The molecule has 1 aromatic rings. The predicted octanol–water partition coefficient (Wildman–Crippen LogP) is 4.10. The summed E-state index contributed by atoms with van der Waals surface area (Å²) in [4.78, 5) is 1.31. The van der Waals surface area contributed by atoms with Gasteiger partial charge in [0, 0.05) is 17.0 Å². The van der Waals surface area contributed by atoms with Crippen LogP contribution in [0.15, 0.2) is 12.1 Å². The standard InChI is InChI=1S/C11H18ClNS/c1-7(2)8(3)13-9(4)10-5-6-11(12)14-10/h5-9,13H,1-4H3/t8-,9-/m0/s1. The average Bonchev–Trinajstić information content (AvgIpc) is 2.51. The zero-order valence-electron chi connectivity index (χ0n) is 9.17. The molecule has 14 heavy (non-hydrogen) atoms. The smallest absolute Gasteiger partial charge is 0.0931 e. The van der Waals surface area contributed by atoms with Gasteiger partial charge in [0.25, 0.3) is 0 Å². The molecule has 0 bridgehead atoms. The van der Waals surface area contributed by atoms with Crippen molar-refractivity contribution in [2.45, 2.75) is 39.8 Å². The van der Waals surface area contributed by atoms with E-state index in [1.165, 1.54) is 4.88 Å². The number of hydrogen-bond acceptors (Lipinski definition) is 2. The first-order chi connectivity index (χ1) is 6.50. The van der Waals surface area contributed by atoms with Crippen LogP contribution in [0.5, 0.6) is 0 Å². The van der Waals surface area contributed by atoms with Gasteiger partial charge in [0.1, 0.15) is 0 Å². The Morgan fingerprint density at radius 3 is 2.29 bits per heavy atom. The number of halogens is 1. The van der Waals surface area contributed by atoms with Crippen molar-refractivity contribution in [1.29, 1.82) is 0 Å². The Kier molecular flexibility index (Phi) is 4.42. The van der Waals surface area contributed by atoms with E-state index in [1.807, 2.05) is 6.07 Å². The molecule has 0 aliphatic carbocycles. The number of rotatable bonds is 4. The van der Waals surface area contributed by atoms with Gasteiger partial charge in [0.2, 0.25) is 0 Å². The molecule has 0 saturated carbocycles. The van der Waals surface area contributed by atoms with Crippen LogP contribution < -0.4 is 5.32 Å². The Hall–Kier alpha value is -0.0500. The molecule has 0 amide bonds. The van der Waals surface area contributed by atoms with Crippen LogP contribution >= 0.6 is 22.9 Å². The van der Waals surface area contributed by atoms with Gasteiger partial charge in [-0.3, -0.25) is 0 Å². The second kappa shape index (κ2) is 5.15. The third kappa shape index (κ3) is 3.26. The Balaban J connectivity index is 2.54. The molecule has 0 spiro atoms. The highest BCUT2D eigenvalue weighted by Gasteiger charge is 2.13. The van der Waals surface area contributed by atoms with Crippen LogP contribution in [0.1, 0.15) is 38.6 Å². The van der Waals surface area contributed by atoms with E-state index in [9.17, 15) is 0 Å². The summed E-state index contributed by atoms with van der Waals surface area (Å²) in [7, 11) is 0. The fraction of sp³-hybridized carbons (Fsp3) is 0.636. The SMILES string of the molecule is CC(C)[C@H](C)N[C@@H](C)c1ccc(Cl)s1.